The number of aromatic nitrogens is 1. The number of carbonyl (C=O) groups is 1. The lowest BCUT2D eigenvalue weighted by Crippen LogP contribution is -2.46. The van der Waals surface area contributed by atoms with Crippen LogP contribution in [-0.4, -0.2) is 40.1 Å². The van der Waals surface area contributed by atoms with Crippen LogP contribution in [0.3, 0.4) is 0 Å². The number of likely N-dealkylation sites (N-methyl/N-ethyl adjacent to an activating group) is 1. The number of nitrogens with zero attached hydrogens (tertiary/aromatic N) is 2. The van der Waals surface area contributed by atoms with E-state index in [4.69, 9.17) is 0 Å². The smallest absolute Gasteiger partial charge is 0.227 e. The predicted molar refractivity (Wildman–Crippen MR) is 69.0 cm³/mol. The highest BCUT2D eigenvalue weighted by Crippen LogP contribution is 2.22. The highest BCUT2D eigenvalue weighted by Gasteiger charge is 2.29. The summed E-state index contributed by atoms with van der Waals surface area (Å²) in [6.45, 7) is 0. The molecule has 1 aliphatic rings. The van der Waals surface area contributed by atoms with Gasteiger partial charge in [-0.25, -0.2) is 0 Å². The van der Waals surface area contributed by atoms with E-state index in [1.165, 1.54) is 0 Å². The van der Waals surface area contributed by atoms with Gasteiger partial charge in [0.1, 0.15) is 0 Å². The summed E-state index contributed by atoms with van der Waals surface area (Å²) in [4.78, 5) is 17.8. The third-order valence-electron chi connectivity index (χ3n) is 3.69. The molecule has 1 amide bonds. The van der Waals surface area contributed by atoms with E-state index in [9.17, 15) is 9.90 Å². The number of pyridine rings is 1. The van der Waals surface area contributed by atoms with E-state index in [1.54, 1.807) is 24.3 Å². The first kappa shape index (κ1) is 13.0. The van der Waals surface area contributed by atoms with Crippen LogP contribution < -0.4 is 0 Å². The molecule has 18 heavy (non-hydrogen) atoms. The van der Waals surface area contributed by atoms with Gasteiger partial charge >= 0.3 is 0 Å². The molecule has 4 heteroatoms. The molecule has 1 aromatic rings. The number of rotatable bonds is 3. The predicted octanol–water partition coefficient (Wildman–Crippen LogP) is 1.39. The van der Waals surface area contributed by atoms with Crippen LogP contribution >= 0.6 is 0 Å². The molecule has 0 aliphatic heterocycles. The zero-order valence-electron chi connectivity index (χ0n) is 10.7. The Kier molecular flexibility index (Phi) is 4.31. The van der Waals surface area contributed by atoms with E-state index in [0.717, 1.165) is 31.2 Å². The zero-order valence-corrected chi connectivity index (χ0v) is 10.7. The number of hydrogen-bond acceptors (Lipinski definition) is 3. The van der Waals surface area contributed by atoms with Crippen molar-refractivity contribution in [3.05, 3.63) is 30.1 Å². The molecule has 2 unspecified atom stereocenters. The minimum atomic E-state index is -0.370. The average Bonchev–Trinajstić information content (AvgIpc) is 2.39. The van der Waals surface area contributed by atoms with Crippen molar-refractivity contribution < 1.29 is 9.90 Å². The van der Waals surface area contributed by atoms with Gasteiger partial charge in [-0.05, 0) is 30.5 Å². The number of carbonyl (C=O) groups excluding carboxylic acids is 1. The lowest BCUT2D eigenvalue weighted by molar-refractivity contribution is -0.134. The highest BCUT2D eigenvalue weighted by molar-refractivity contribution is 5.78. The molecule has 1 aliphatic carbocycles. The second kappa shape index (κ2) is 5.96. The van der Waals surface area contributed by atoms with Crippen LogP contribution in [0.15, 0.2) is 24.5 Å². The number of hydrogen-bond donors (Lipinski definition) is 1. The van der Waals surface area contributed by atoms with Gasteiger partial charge in [0.15, 0.2) is 0 Å². The summed E-state index contributed by atoms with van der Waals surface area (Å²) in [7, 11) is 1.79. The van der Waals surface area contributed by atoms with Gasteiger partial charge < -0.3 is 10.0 Å². The summed E-state index contributed by atoms with van der Waals surface area (Å²) in [6.07, 6.45) is 7.25. The quantitative estimate of drug-likeness (QED) is 0.879. The van der Waals surface area contributed by atoms with Crippen molar-refractivity contribution >= 4 is 5.91 Å². The molecule has 2 rings (SSSR count). The Morgan fingerprint density at radius 3 is 2.72 bits per heavy atom. The van der Waals surface area contributed by atoms with Gasteiger partial charge in [-0.2, -0.15) is 0 Å². The largest absolute Gasteiger partial charge is 0.391 e. The number of aliphatic hydroxyl groups is 1. The van der Waals surface area contributed by atoms with Crippen molar-refractivity contribution in [2.75, 3.05) is 7.05 Å². The second-order valence-corrected chi connectivity index (χ2v) is 4.96. The standard InChI is InChI=1S/C14H20N2O2/c1-16(12-4-2-3-5-13(12)17)14(18)10-11-6-8-15-9-7-11/h6-9,12-13,17H,2-5,10H2,1H3. The van der Waals surface area contributed by atoms with Gasteiger partial charge in [0, 0.05) is 19.4 Å². The lowest BCUT2D eigenvalue weighted by Gasteiger charge is -2.35. The molecule has 4 nitrogen and oxygen atoms in total. The van der Waals surface area contributed by atoms with Crippen LogP contribution in [0.4, 0.5) is 0 Å². The highest BCUT2D eigenvalue weighted by atomic mass is 16.3. The monoisotopic (exact) mass is 248 g/mol. The molecule has 0 spiro atoms. The van der Waals surface area contributed by atoms with Gasteiger partial charge in [0.25, 0.3) is 0 Å². The molecule has 1 saturated carbocycles. The van der Waals surface area contributed by atoms with E-state index in [-0.39, 0.29) is 18.1 Å². The van der Waals surface area contributed by atoms with Crippen LogP contribution in [-0.2, 0) is 11.2 Å². The van der Waals surface area contributed by atoms with E-state index < -0.39 is 0 Å². The van der Waals surface area contributed by atoms with E-state index in [2.05, 4.69) is 4.98 Å². The van der Waals surface area contributed by atoms with Crippen LogP contribution in [0.5, 0.6) is 0 Å². The normalized spacial score (nSPS) is 23.7. The molecular weight excluding hydrogens is 228 g/mol. The Labute approximate surface area is 108 Å². The van der Waals surface area contributed by atoms with Crippen molar-refractivity contribution in [2.24, 2.45) is 0 Å². The molecular formula is C14H20N2O2. The lowest BCUT2D eigenvalue weighted by atomic mass is 9.91. The van der Waals surface area contributed by atoms with E-state index >= 15 is 0 Å². The Bertz CT molecular complexity index is 394. The number of aliphatic hydroxyl groups excluding tert-OH is 1. The third-order valence-corrected chi connectivity index (χ3v) is 3.69. The molecule has 1 aromatic heterocycles. The summed E-state index contributed by atoms with van der Waals surface area (Å²) in [5.41, 5.74) is 0.965. The molecule has 0 saturated heterocycles. The fourth-order valence-corrected chi connectivity index (χ4v) is 2.53. The van der Waals surface area contributed by atoms with Crippen LogP contribution in [0.1, 0.15) is 31.2 Å². The van der Waals surface area contributed by atoms with Gasteiger partial charge in [-0.3, -0.25) is 9.78 Å². The molecule has 1 fully saturated rings. The summed E-state index contributed by atoms with van der Waals surface area (Å²) in [5.74, 6) is 0.0622. The Hall–Kier alpha value is -1.42. The summed E-state index contributed by atoms with van der Waals surface area (Å²) < 4.78 is 0. The minimum absolute atomic E-state index is 0.0203. The van der Waals surface area contributed by atoms with Gasteiger partial charge in [-0.15, -0.1) is 0 Å². The molecule has 0 radical (unpaired) electrons. The second-order valence-electron chi connectivity index (χ2n) is 4.96. The SMILES string of the molecule is CN(C(=O)Cc1ccncc1)C1CCCCC1O. The maximum absolute atomic E-state index is 12.2. The maximum atomic E-state index is 12.2. The van der Waals surface area contributed by atoms with Crippen LogP contribution in [0.25, 0.3) is 0 Å². The van der Waals surface area contributed by atoms with E-state index in [1.807, 2.05) is 12.1 Å². The summed E-state index contributed by atoms with van der Waals surface area (Å²) in [5, 5.41) is 9.95. The minimum Gasteiger partial charge on any atom is -0.391 e. The van der Waals surface area contributed by atoms with Crippen LogP contribution in [0, 0.1) is 0 Å². The fraction of sp³-hybridized carbons (Fsp3) is 0.571. The van der Waals surface area contributed by atoms with Crippen molar-refractivity contribution in [3.8, 4) is 0 Å². The van der Waals surface area contributed by atoms with Gasteiger partial charge in [-0.1, -0.05) is 12.8 Å². The van der Waals surface area contributed by atoms with Crippen molar-refractivity contribution in [2.45, 2.75) is 44.2 Å². The fourth-order valence-electron chi connectivity index (χ4n) is 2.53. The summed E-state index contributed by atoms with van der Waals surface area (Å²) in [6, 6.07) is 3.68. The molecule has 0 aromatic carbocycles. The van der Waals surface area contributed by atoms with E-state index in [0.29, 0.717) is 6.42 Å². The number of amides is 1. The molecule has 1 heterocycles. The maximum Gasteiger partial charge on any atom is 0.227 e. The average molecular weight is 248 g/mol. The Morgan fingerprint density at radius 2 is 2.06 bits per heavy atom. The molecule has 2 atom stereocenters. The molecule has 0 bridgehead atoms. The zero-order chi connectivity index (χ0) is 13.0. The van der Waals surface area contributed by atoms with Crippen molar-refractivity contribution in [1.82, 2.24) is 9.88 Å². The first-order valence-corrected chi connectivity index (χ1v) is 6.51. The molecule has 1 N–H and O–H groups in total. The Balaban J connectivity index is 1.96. The van der Waals surface area contributed by atoms with Gasteiger partial charge in [0.05, 0.1) is 18.6 Å². The van der Waals surface area contributed by atoms with Crippen molar-refractivity contribution in [3.63, 3.8) is 0 Å². The first-order chi connectivity index (χ1) is 8.68. The topological polar surface area (TPSA) is 53.4 Å². The first-order valence-electron chi connectivity index (χ1n) is 6.51. The summed E-state index contributed by atoms with van der Waals surface area (Å²) >= 11 is 0. The van der Waals surface area contributed by atoms with Crippen molar-refractivity contribution in [1.29, 1.82) is 0 Å². The van der Waals surface area contributed by atoms with Gasteiger partial charge in [0.2, 0.25) is 5.91 Å². The Morgan fingerprint density at radius 1 is 1.39 bits per heavy atom. The van der Waals surface area contributed by atoms with Crippen LogP contribution in [0.2, 0.25) is 0 Å². The third kappa shape index (κ3) is 3.07. The molecule has 98 valence electrons.